The summed E-state index contributed by atoms with van der Waals surface area (Å²) in [6.07, 6.45) is -2.26. The van der Waals surface area contributed by atoms with E-state index in [9.17, 15) is 18.0 Å². The molecule has 8 nitrogen and oxygen atoms in total. The summed E-state index contributed by atoms with van der Waals surface area (Å²) in [6, 6.07) is 4.54. The quantitative estimate of drug-likeness (QED) is 0.352. The topological polar surface area (TPSA) is 89.5 Å². The minimum absolute atomic E-state index is 0.0214. The lowest BCUT2D eigenvalue weighted by molar-refractivity contribution is 0.00118. The fourth-order valence-corrected chi connectivity index (χ4v) is 4.50. The fraction of sp³-hybridized carbons (Fsp3) is 0.481. The average Bonchev–Trinajstić information content (AvgIpc) is 2.87. The van der Waals surface area contributed by atoms with Crippen molar-refractivity contribution >= 4 is 22.8 Å². The molecular weight excluding hydrogens is 518 g/mol. The van der Waals surface area contributed by atoms with Gasteiger partial charge in [0, 0.05) is 31.5 Å². The first kappa shape index (κ1) is 28.3. The molecule has 3 heterocycles. The lowest BCUT2D eigenvalue weighted by Gasteiger charge is -2.36. The van der Waals surface area contributed by atoms with Gasteiger partial charge >= 0.3 is 6.09 Å². The summed E-state index contributed by atoms with van der Waals surface area (Å²) >= 11 is 0. The third-order valence-electron chi connectivity index (χ3n) is 6.56. The van der Waals surface area contributed by atoms with Crippen molar-refractivity contribution in [3.8, 4) is 5.88 Å². The highest BCUT2D eigenvalue weighted by Gasteiger charge is 2.40. The number of carbonyl (C=O) groups is 1. The predicted octanol–water partition coefficient (Wildman–Crippen LogP) is 6.48. The Labute approximate surface area is 223 Å². The highest BCUT2D eigenvalue weighted by Crippen LogP contribution is 2.40. The molecule has 1 aliphatic rings. The molecule has 3 aromatic rings. The Balaban J connectivity index is 1.65. The van der Waals surface area contributed by atoms with Crippen LogP contribution in [0.1, 0.15) is 69.8 Å². The van der Waals surface area contributed by atoms with Crippen LogP contribution in [-0.2, 0) is 10.4 Å². The first-order valence-corrected chi connectivity index (χ1v) is 12.5. The molecule has 0 saturated carbocycles. The van der Waals surface area contributed by atoms with Gasteiger partial charge in [-0.05, 0) is 33.8 Å². The van der Waals surface area contributed by atoms with Gasteiger partial charge in [0.25, 0.3) is 6.43 Å². The van der Waals surface area contributed by atoms with Gasteiger partial charge in [0.1, 0.15) is 29.1 Å². The van der Waals surface area contributed by atoms with Gasteiger partial charge < -0.3 is 19.7 Å². The van der Waals surface area contributed by atoms with E-state index in [0.29, 0.717) is 10.9 Å². The molecular formula is C27H31F4N5O3. The number of rotatable bonds is 6. The molecule has 210 valence electrons. The van der Waals surface area contributed by atoms with Gasteiger partial charge in [-0.2, -0.15) is 0 Å². The molecule has 1 atom stereocenters. The number of benzene rings is 1. The number of fused-ring (bicyclic) bond motifs is 1. The van der Waals surface area contributed by atoms with Crippen molar-refractivity contribution in [2.75, 3.05) is 25.5 Å². The van der Waals surface area contributed by atoms with Crippen LogP contribution >= 0.6 is 0 Å². The second kappa shape index (κ2) is 10.8. The van der Waals surface area contributed by atoms with E-state index in [4.69, 9.17) is 9.47 Å². The number of nitrogens with one attached hydrogen (secondary N) is 1. The van der Waals surface area contributed by atoms with Crippen LogP contribution in [0.3, 0.4) is 0 Å². The molecule has 0 unspecified atom stereocenters. The van der Waals surface area contributed by atoms with Gasteiger partial charge in [0.05, 0.1) is 29.8 Å². The number of amides is 1. The number of ether oxygens (including phenoxy) is 2. The molecule has 0 aliphatic carbocycles. The number of likely N-dealkylation sites (tertiary alicyclic amines) is 1. The first-order valence-electron chi connectivity index (χ1n) is 12.5. The molecule has 1 amide bonds. The Morgan fingerprint density at radius 1 is 1.15 bits per heavy atom. The Hall–Kier alpha value is -3.70. The molecule has 12 heteroatoms. The van der Waals surface area contributed by atoms with Crippen LogP contribution in [0.25, 0.3) is 10.9 Å². The van der Waals surface area contributed by atoms with Gasteiger partial charge in [-0.15, -0.1) is 0 Å². The van der Waals surface area contributed by atoms with Crippen molar-refractivity contribution in [2.24, 2.45) is 0 Å². The molecule has 1 N–H and O–H groups in total. The van der Waals surface area contributed by atoms with Crippen LogP contribution in [-0.4, -0.2) is 51.7 Å². The maximum absolute atomic E-state index is 16.3. The van der Waals surface area contributed by atoms with Gasteiger partial charge in [-0.25, -0.2) is 37.3 Å². The van der Waals surface area contributed by atoms with Crippen molar-refractivity contribution in [2.45, 2.75) is 64.3 Å². The van der Waals surface area contributed by atoms with E-state index in [0.717, 1.165) is 6.07 Å². The number of carbonyl (C=O) groups excluding carboxylic acids is 1. The Morgan fingerprint density at radius 2 is 1.82 bits per heavy atom. The Morgan fingerprint density at radius 3 is 2.44 bits per heavy atom. The summed E-state index contributed by atoms with van der Waals surface area (Å²) in [5.41, 5.74) is -2.85. The summed E-state index contributed by atoms with van der Waals surface area (Å²) in [4.78, 5) is 26.7. The normalized spacial score (nSPS) is 16.3. The van der Waals surface area contributed by atoms with Crippen molar-refractivity contribution in [3.63, 3.8) is 0 Å². The third kappa shape index (κ3) is 5.99. The van der Waals surface area contributed by atoms with E-state index in [2.05, 4.69) is 20.3 Å². The second-order valence-corrected chi connectivity index (χ2v) is 10.5. The van der Waals surface area contributed by atoms with E-state index in [1.165, 1.54) is 36.5 Å². The molecule has 2 aromatic heterocycles. The van der Waals surface area contributed by atoms with E-state index in [-0.39, 0.29) is 48.9 Å². The number of halogens is 4. The van der Waals surface area contributed by atoms with Crippen molar-refractivity contribution in [1.29, 1.82) is 0 Å². The van der Waals surface area contributed by atoms with Crippen LogP contribution < -0.4 is 10.1 Å². The number of aromatic nitrogens is 3. The van der Waals surface area contributed by atoms with Crippen LogP contribution in [0.4, 0.5) is 28.2 Å². The average molecular weight is 550 g/mol. The van der Waals surface area contributed by atoms with Crippen LogP contribution in [0, 0.1) is 5.82 Å². The summed E-state index contributed by atoms with van der Waals surface area (Å²) in [6.45, 7) is 7.14. The van der Waals surface area contributed by atoms with Gasteiger partial charge in [0.15, 0.2) is 5.67 Å². The summed E-state index contributed by atoms with van der Waals surface area (Å²) in [5, 5.41) is 3.40. The number of nitrogens with zero attached hydrogens (tertiary/aromatic N) is 4. The number of anilines is 1. The number of pyridine rings is 1. The zero-order valence-electron chi connectivity index (χ0n) is 22.4. The monoisotopic (exact) mass is 549 g/mol. The highest BCUT2D eigenvalue weighted by molar-refractivity contribution is 5.92. The standard InChI is InChI=1S/C27H31F4N5O3/c1-15(16-7-6-8-17(20(16)28)22(29)30)34-23-18-13-19(35-24(38-5)21(18)32-14-33-23)27(31)9-11-36(12-10-27)25(37)39-26(2,3)4/h6-8,13-15,22H,9-12H2,1-5H3,(H,32,33,34)/t15-/m1/s1. The second-order valence-electron chi connectivity index (χ2n) is 10.5. The molecule has 4 rings (SSSR count). The summed E-state index contributed by atoms with van der Waals surface area (Å²) < 4.78 is 68.3. The third-order valence-corrected chi connectivity index (χ3v) is 6.56. The number of methoxy groups -OCH3 is 1. The highest BCUT2D eigenvalue weighted by atomic mass is 19.3. The lowest BCUT2D eigenvalue weighted by atomic mass is 9.89. The molecule has 1 fully saturated rings. The largest absolute Gasteiger partial charge is 0.479 e. The van der Waals surface area contributed by atoms with E-state index in [1.807, 2.05) is 0 Å². The van der Waals surface area contributed by atoms with Crippen LogP contribution in [0.5, 0.6) is 5.88 Å². The summed E-state index contributed by atoms with van der Waals surface area (Å²) in [7, 11) is 1.38. The molecule has 1 aromatic carbocycles. The number of hydrogen-bond acceptors (Lipinski definition) is 7. The fourth-order valence-electron chi connectivity index (χ4n) is 4.50. The van der Waals surface area contributed by atoms with Gasteiger partial charge in [-0.1, -0.05) is 18.2 Å². The minimum Gasteiger partial charge on any atom is -0.479 e. The zero-order chi connectivity index (χ0) is 28.5. The summed E-state index contributed by atoms with van der Waals surface area (Å²) in [5.74, 6) is -0.713. The maximum Gasteiger partial charge on any atom is 0.410 e. The van der Waals surface area contributed by atoms with Crippen LogP contribution in [0.15, 0.2) is 30.6 Å². The van der Waals surface area contributed by atoms with E-state index < -0.39 is 41.2 Å². The number of alkyl halides is 3. The van der Waals surface area contributed by atoms with Crippen molar-refractivity contribution in [1.82, 2.24) is 19.9 Å². The maximum atomic E-state index is 16.3. The molecule has 0 radical (unpaired) electrons. The van der Waals surface area contributed by atoms with Gasteiger partial charge in [0.2, 0.25) is 5.88 Å². The molecule has 0 bridgehead atoms. The smallest absolute Gasteiger partial charge is 0.410 e. The van der Waals surface area contributed by atoms with E-state index in [1.54, 1.807) is 27.7 Å². The van der Waals surface area contributed by atoms with Crippen molar-refractivity contribution in [3.05, 3.63) is 53.2 Å². The first-order chi connectivity index (χ1) is 18.3. The zero-order valence-corrected chi connectivity index (χ0v) is 22.4. The minimum atomic E-state index is -2.96. The SMILES string of the molecule is COc1nc(C2(F)CCN(C(=O)OC(C)(C)C)CC2)cc2c(N[C@H](C)c3cccc(C(F)F)c3F)ncnc12. The Kier molecular flexibility index (Phi) is 7.85. The van der Waals surface area contributed by atoms with Crippen LogP contribution in [0.2, 0.25) is 0 Å². The Bertz CT molecular complexity index is 1360. The predicted molar refractivity (Wildman–Crippen MR) is 137 cm³/mol. The molecule has 1 aliphatic heterocycles. The molecule has 39 heavy (non-hydrogen) atoms. The number of piperidine rings is 1. The van der Waals surface area contributed by atoms with E-state index >= 15 is 4.39 Å². The van der Waals surface area contributed by atoms with Gasteiger partial charge in [-0.3, -0.25) is 0 Å². The molecule has 1 saturated heterocycles. The number of hydrogen-bond donors (Lipinski definition) is 1. The molecule has 0 spiro atoms. The van der Waals surface area contributed by atoms with Crippen molar-refractivity contribution < 1.29 is 31.8 Å². The lowest BCUT2D eigenvalue weighted by Crippen LogP contribution is -2.45.